The smallest absolute Gasteiger partial charge is 0.228 e. The fourth-order valence-corrected chi connectivity index (χ4v) is 4.45. The Hall–Kier alpha value is -1.83. The van der Waals surface area contributed by atoms with Crippen LogP contribution in [0, 0.1) is 6.92 Å². The molecule has 0 aromatic carbocycles. The van der Waals surface area contributed by atoms with Crippen molar-refractivity contribution in [3.05, 3.63) is 22.8 Å². The number of piperidine rings is 1. The molecule has 24 heavy (non-hydrogen) atoms. The molecule has 1 aromatic rings. The lowest BCUT2D eigenvalue weighted by Crippen LogP contribution is -2.40. The van der Waals surface area contributed by atoms with Crippen LogP contribution >= 0.6 is 11.8 Å². The van der Waals surface area contributed by atoms with E-state index in [1.165, 1.54) is 0 Å². The van der Waals surface area contributed by atoms with Crippen LogP contribution in [0.5, 0.6) is 0 Å². The first-order chi connectivity index (χ1) is 11.7. The van der Waals surface area contributed by atoms with E-state index in [0.29, 0.717) is 6.42 Å². The van der Waals surface area contributed by atoms with Crippen LogP contribution in [-0.2, 0) is 4.79 Å². The standard InChI is InChI=1S/C16H22N6OS/c1-11-18-15(20-19-11)12-4-2-6-21(9-12)14(23)8-13-10-24-16-17-5-3-7-22(13)16/h10,12H,2-9H2,1H3,(H,18,19,20). The highest BCUT2D eigenvalue weighted by Gasteiger charge is 2.30. The molecule has 1 fully saturated rings. The Morgan fingerprint density at radius 2 is 2.33 bits per heavy atom. The monoisotopic (exact) mass is 346 g/mol. The van der Waals surface area contributed by atoms with Gasteiger partial charge in [-0.1, -0.05) is 11.8 Å². The molecule has 0 radical (unpaired) electrons. The number of likely N-dealkylation sites (tertiary alicyclic amines) is 1. The number of amides is 1. The van der Waals surface area contributed by atoms with Crippen LogP contribution in [-0.4, -0.2) is 62.2 Å². The van der Waals surface area contributed by atoms with Gasteiger partial charge in [-0.25, -0.2) is 4.98 Å². The summed E-state index contributed by atoms with van der Waals surface area (Å²) in [6, 6.07) is 0. The Kier molecular flexibility index (Phi) is 4.30. The van der Waals surface area contributed by atoms with E-state index in [1.807, 2.05) is 11.8 Å². The Morgan fingerprint density at radius 1 is 1.42 bits per heavy atom. The molecule has 1 aromatic heterocycles. The molecule has 0 spiro atoms. The van der Waals surface area contributed by atoms with Crippen LogP contribution in [0.25, 0.3) is 0 Å². The van der Waals surface area contributed by atoms with Crippen molar-refractivity contribution < 1.29 is 4.79 Å². The van der Waals surface area contributed by atoms with Crippen molar-refractivity contribution in [3.63, 3.8) is 0 Å². The number of hydrogen-bond acceptors (Lipinski definition) is 6. The molecule has 0 aliphatic carbocycles. The molecule has 3 aliphatic rings. The van der Waals surface area contributed by atoms with Crippen molar-refractivity contribution in [2.24, 2.45) is 4.99 Å². The third kappa shape index (κ3) is 3.07. The molecule has 0 saturated carbocycles. The molecule has 128 valence electrons. The minimum atomic E-state index is 0.200. The highest BCUT2D eigenvalue weighted by atomic mass is 32.2. The van der Waals surface area contributed by atoms with Crippen LogP contribution < -0.4 is 0 Å². The van der Waals surface area contributed by atoms with Gasteiger partial charge in [-0.15, -0.1) is 0 Å². The maximum absolute atomic E-state index is 12.8. The number of amidine groups is 1. The molecule has 3 aliphatic heterocycles. The van der Waals surface area contributed by atoms with Gasteiger partial charge in [0.2, 0.25) is 5.91 Å². The van der Waals surface area contributed by atoms with E-state index >= 15 is 0 Å². The average Bonchev–Trinajstić information content (AvgIpc) is 3.22. The fraction of sp³-hybridized carbons (Fsp3) is 0.625. The van der Waals surface area contributed by atoms with E-state index in [4.69, 9.17) is 0 Å². The second-order valence-electron chi connectivity index (χ2n) is 6.53. The van der Waals surface area contributed by atoms with E-state index in [-0.39, 0.29) is 11.8 Å². The minimum absolute atomic E-state index is 0.200. The van der Waals surface area contributed by atoms with Crippen molar-refractivity contribution in [1.82, 2.24) is 25.0 Å². The summed E-state index contributed by atoms with van der Waals surface area (Å²) in [4.78, 5) is 25.9. The summed E-state index contributed by atoms with van der Waals surface area (Å²) in [5.41, 5.74) is 1.10. The number of nitrogens with one attached hydrogen (secondary N) is 1. The Labute approximate surface area is 145 Å². The number of aromatic amines is 1. The summed E-state index contributed by atoms with van der Waals surface area (Å²) >= 11 is 1.64. The molecule has 1 unspecified atom stereocenters. The molecular formula is C16H22N6OS. The Balaban J connectivity index is 1.39. The van der Waals surface area contributed by atoms with Crippen LogP contribution in [0.15, 0.2) is 16.1 Å². The molecule has 4 heterocycles. The quantitative estimate of drug-likeness (QED) is 0.904. The minimum Gasteiger partial charge on any atom is -0.342 e. The first-order valence-electron chi connectivity index (χ1n) is 8.55. The van der Waals surface area contributed by atoms with Crippen LogP contribution in [0.3, 0.4) is 0 Å². The number of thioether (sulfide) groups is 1. The van der Waals surface area contributed by atoms with Crippen molar-refractivity contribution >= 4 is 22.8 Å². The van der Waals surface area contributed by atoms with Gasteiger partial charge in [-0.2, -0.15) is 5.10 Å². The molecule has 1 N–H and O–H groups in total. The molecule has 8 heteroatoms. The lowest BCUT2D eigenvalue weighted by Gasteiger charge is -2.32. The topological polar surface area (TPSA) is 77.5 Å². The third-order valence-corrected chi connectivity index (χ3v) is 5.70. The van der Waals surface area contributed by atoms with E-state index < -0.39 is 0 Å². The zero-order valence-electron chi connectivity index (χ0n) is 13.9. The number of carbonyl (C=O) groups is 1. The number of fused-ring (bicyclic) bond motifs is 1. The predicted octanol–water partition coefficient (Wildman–Crippen LogP) is 1.86. The number of aryl methyl sites for hydroxylation is 1. The van der Waals surface area contributed by atoms with Gasteiger partial charge in [0.25, 0.3) is 0 Å². The predicted molar refractivity (Wildman–Crippen MR) is 93.6 cm³/mol. The van der Waals surface area contributed by atoms with E-state index in [0.717, 1.165) is 68.0 Å². The van der Waals surface area contributed by atoms with Crippen molar-refractivity contribution in [2.45, 2.75) is 38.5 Å². The molecule has 1 saturated heterocycles. The molecule has 1 amide bonds. The summed E-state index contributed by atoms with van der Waals surface area (Å²) in [7, 11) is 0. The Morgan fingerprint density at radius 3 is 3.17 bits per heavy atom. The van der Waals surface area contributed by atoms with Gasteiger partial charge in [-0.05, 0) is 31.6 Å². The average molecular weight is 346 g/mol. The maximum atomic E-state index is 12.8. The van der Waals surface area contributed by atoms with Gasteiger partial charge in [0.1, 0.15) is 5.82 Å². The van der Waals surface area contributed by atoms with Gasteiger partial charge in [0, 0.05) is 37.8 Å². The summed E-state index contributed by atoms with van der Waals surface area (Å²) in [5.74, 6) is 2.11. The third-order valence-electron chi connectivity index (χ3n) is 4.75. The van der Waals surface area contributed by atoms with E-state index in [9.17, 15) is 4.79 Å². The second kappa shape index (κ2) is 6.58. The molecular weight excluding hydrogens is 324 g/mol. The molecule has 1 atom stereocenters. The highest BCUT2D eigenvalue weighted by Crippen LogP contribution is 2.32. The largest absolute Gasteiger partial charge is 0.342 e. The molecule has 0 bridgehead atoms. The van der Waals surface area contributed by atoms with Gasteiger partial charge < -0.3 is 9.80 Å². The summed E-state index contributed by atoms with van der Waals surface area (Å²) < 4.78 is 0. The number of aromatic nitrogens is 3. The van der Waals surface area contributed by atoms with Gasteiger partial charge in [0.05, 0.1) is 6.42 Å². The lowest BCUT2D eigenvalue weighted by atomic mass is 9.97. The summed E-state index contributed by atoms with van der Waals surface area (Å²) in [5, 5.41) is 10.3. The van der Waals surface area contributed by atoms with E-state index in [2.05, 4.69) is 30.5 Å². The van der Waals surface area contributed by atoms with Gasteiger partial charge in [-0.3, -0.25) is 14.9 Å². The summed E-state index contributed by atoms with van der Waals surface area (Å²) in [6.45, 7) is 5.34. The summed E-state index contributed by atoms with van der Waals surface area (Å²) in [6.07, 6.45) is 3.58. The fourth-order valence-electron chi connectivity index (χ4n) is 3.50. The maximum Gasteiger partial charge on any atom is 0.228 e. The highest BCUT2D eigenvalue weighted by molar-refractivity contribution is 8.16. The molecule has 4 rings (SSSR count). The Bertz CT molecular complexity index is 696. The number of hydrogen-bond donors (Lipinski definition) is 1. The second-order valence-corrected chi connectivity index (χ2v) is 7.37. The first kappa shape index (κ1) is 15.7. The zero-order chi connectivity index (χ0) is 16.5. The molecule has 7 nitrogen and oxygen atoms in total. The normalized spacial score (nSPS) is 23.8. The lowest BCUT2D eigenvalue weighted by molar-refractivity contribution is -0.131. The number of nitrogens with zero attached hydrogens (tertiary/aromatic N) is 5. The van der Waals surface area contributed by atoms with Crippen molar-refractivity contribution in [3.8, 4) is 0 Å². The van der Waals surface area contributed by atoms with Crippen molar-refractivity contribution in [1.29, 1.82) is 0 Å². The first-order valence-corrected chi connectivity index (χ1v) is 9.43. The zero-order valence-corrected chi connectivity index (χ0v) is 14.7. The van der Waals surface area contributed by atoms with Crippen LogP contribution in [0.4, 0.5) is 0 Å². The number of rotatable bonds is 3. The SMILES string of the molecule is Cc1nc(C2CCCN(C(=O)CC3=CSC4=NCCCN34)C2)n[nH]1. The van der Waals surface area contributed by atoms with Gasteiger partial charge >= 0.3 is 0 Å². The number of H-pyrrole nitrogens is 1. The van der Waals surface area contributed by atoms with Gasteiger partial charge in [0.15, 0.2) is 11.0 Å². The van der Waals surface area contributed by atoms with Crippen LogP contribution in [0.2, 0.25) is 0 Å². The van der Waals surface area contributed by atoms with Crippen LogP contribution in [0.1, 0.15) is 43.3 Å². The van der Waals surface area contributed by atoms with E-state index in [1.54, 1.807) is 11.8 Å². The number of aliphatic imine (C=N–C) groups is 1. The van der Waals surface area contributed by atoms with Crippen molar-refractivity contribution in [2.75, 3.05) is 26.2 Å². The number of carbonyl (C=O) groups excluding carboxylic acids is 1.